The van der Waals surface area contributed by atoms with Gasteiger partial charge in [-0.2, -0.15) is 0 Å². The Morgan fingerprint density at radius 3 is 2.38 bits per heavy atom. The SMILES string of the molecule is C=CC(Cl)C(C)=CCl. The lowest BCUT2D eigenvalue weighted by Gasteiger charge is -1.98. The first-order valence-corrected chi connectivity index (χ1v) is 3.13. The van der Waals surface area contributed by atoms with Crippen molar-refractivity contribution in [1.82, 2.24) is 0 Å². The first kappa shape index (κ1) is 8.06. The van der Waals surface area contributed by atoms with E-state index >= 15 is 0 Å². The van der Waals surface area contributed by atoms with E-state index < -0.39 is 0 Å². The van der Waals surface area contributed by atoms with E-state index in [1.165, 1.54) is 5.54 Å². The summed E-state index contributed by atoms with van der Waals surface area (Å²) in [5, 5.41) is -0.118. The fourth-order valence-electron chi connectivity index (χ4n) is 0.246. The Morgan fingerprint density at radius 2 is 2.25 bits per heavy atom. The number of allylic oxidation sites excluding steroid dienone is 2. The van der Waals surface area contributed by atoms with Crippen LogP contribution >= 0.6 is 23.2 Å². The van der Waals surface area contributed by atoms with Gasteiger partial charge in [0.05, 0.1) is 5.38 Å². The lowest BCUT2D eigenvalue weighted by atomic mass is 10.2. The highest BCUT2D eigenvalue weighted by molar-refractivity contribution is 6.28. The van der Waals surface area contributed by atoms with Crippen LogP contribution in [0.1, 0.15) is 6.92 Å². The average molecular weight is 151 g/mol. The molecule has 0 aromatic carbocycles. The fraction of sp³-hybridized carbons (Fsp3) is 0.333. The second-order valence-electron chi connectivity index (χ2n) is 1.49. The summed E-state index contributed by atoms with van der Waals surface area (Å²) in [6.45, 7) is 5.35. The van der Waals surface area contributed by atoms with Crippen molar-refractivity contribution in [2.45, 2.75) is 12.3 Å². The van der Waals surface area contributed by atoms with Crippen LogP contribution in [0.3, 0.4) is 0 Å². The Bertz CT molecular complexity index is 105. The summed E-state index contributed by atoms with van der Waals surface area (Å²) in [5.41, 5.74) is 2.38. The number of alkyl halides is 1. The van der Waals surface area contributed by atoms with Crippen molar-refractivity contribution in [3.63, 3.8) is 0 Å². The monoisotopic (exact) mass is 150 g/mol. The molecule has 0 saturated carbocycles. The third-order valence-corrected chi connectivity index (χ3v) is 1.68. The van der Waals surface area contributed by atoms with Gasteiger partial charge in [-0.1, -0.05) is 17.7 Å². The topological polar surface area (TPSA) is 0 Å². The van der Waals surface area contributed by atoms with Gasteiger partial charge >= 0.3 is 0 Å². The molecule has 0 saturated heterocycles. The van der Waals surface area contributed by atoms with Crippen molar-refractivity contribution in [1.29, 1.82) is 0 Å². The Labute approximate surface area is 59.8 Å². The minimum atomic E-state index is -0.118. The molecule has 2 heteroatoms. The second kappa shape index (κ2) is 3.99. The molecular formula is C6H8Cl2. The Balaban J connectivity index is 3.81. The minimum Gasteiger partial charge on any atom is -0.114 e. The van der Waals surface area contributed by atoms with E-state index in [1.54, 1.807) is 6.08 Å². The van der Waals surface area contributed by atoms with E-state index in [-0.39, 0.29) is 5.38 Å². The molecule has 0 amide bonds. The Morgan fingerprint density at radius 1 is 1.75 bits per heavy atom. The smallest absolute Gasteiger partial charge is 0.0732 e. The number of rotatable bonds is 2. The first-order chi connectivity index (χ1) is 3.72. The molecule has 0 aliphatic rings. The van der Waals surface area contributed by atoms with E-state index in [9.17, 15) is 0 Å². The largest absolute Gasteiger partial charge is 0.114 e. The molecule has 0 aliphatic carbocycles. The molecular weight excluding hydrogens is 143 g/mol. The van der Waals surface area contributed by atoms with Gasteiger partial charge < -0.3 is 0 Å². The summed E-state index contributed by atoms with van der Waals surface area (Å²) in [4.78, 5) is 0. The van der Waals surface area contributed by atoms with Crippen molar-refractivity contribution < 1.29 is 0 Å². The highest BCUT2D eigenvalue weighted by Gasteiger charge is 1.97. The van der Waals surface area contributed by atoms with Crippen LogP contribution < -0.4 is 0 Å². The number of halogens is 2. The van der Waals surface area contributed by atoms with Crippen LogP contribution in [0.5, 0.6) is 0 Å². The van der Waals surface area contributed by atoms with Gasteiger partial charge in [0.25, 0.3) is 0 Å². The van der Waals surface area contributed by atoms with Crippen LogP contribution in [-0.4, -0.2) is 5.38 Å². The zero-order chi connectivity index (χ0) is 6.57. The van der Waals surface area contributed by atoms with Gasteiger partial charge in [0, 0.05) is 5.54 Å². The van der Waals surface area contributed by atoms with Gasteiger partial charge in [-0.15, -0.1) is 18.2 Å². The normalized spacial score (nSPS) is 15.6. The quantitative estimate of drug-likeness (QED) is 0.420. The summed E-state index contributed by atoms with van der Waals surface area (Å²) in [6.07, 6.45) is 1.63. The number of hydrogen-bond donors (Lipinski definition) is 0. The molecule has 0 nitrogen and oxygen atoms in total. The Kier molecular flexibility index (Phi) is 4.02. The standard InChI is InChI=1S/C6H8Cl2/c1-3-6(8)5(2)4-7/h3-4,6H,1H2,2H3. The maximum Gasteiger partial charge on any atom is 0.0732 e. The van der Waals surface area contributed by atoms with Crippen molar-refractivity contribution in [2.24, 2.45) is 0 Å². The summed E-state index contributed by atoms with van der Waals surface area (Å²) in [6, 6.07) is 0. The Hall–Kier alpha value is 0.0600. The van der Waals surface area contributed by atoms with Gasteiger partial charge in [-0.3, -0.25) is 0 Å². The van der Waals surface area contributed by atoms with Crippen LogP contribution in [0.4, 0.5) is 0 Å². The molecule has 0 aliphatic heterocycles. The minimum absolute atomic E-state index is 0.118. The molecule has 0 spiro atoms. The summed E-state index contributed by atoms with van der Waals surface area (Å²) in [5.74, 6) is 0. The summed E-state index contributed by atoms with van der Waals surface area (Å²) < 4.78 is 0. The first-order valence-electron chi connectivity index (χ1n) is 2.26. The fourth-order valence-corrected chi connectivity index (χ4v) is 0.509. The average Bonchev–Trinajstić information content (AvgIpc) is 1.84. The summed E-state index contributed by atoms with van der Waals surface area (Å²) in [7, 11) is 0. The van der Waals surface area contributed by atoms with E-state index in [0.29, 0.717) is 0 Å². The van der Waals surface area contributed by atoms with Crippen LogP contribution in [0.2, 0.25) is 0 Å². The molecule has 0 aromatic rings. The van der Waals surface area contributed by atoms with Crippen molar-refractivity contribution in [2.75, 3.05) is 0 Å². The maximum absolute atomic E-state index is 5.65. The van der Waals surface area contributed by atoms with Crippen LogP contribution in [0.25, 0.3) is 0 Å². The van der Waals surface area contributed by atoms with E-state index in [2.05, 4.69) is 6.58 Å². The van der Waals surface area contributed by atoms with Gasteiger partial charge in [0.1, 0.15) is 0 Å². The maximum atomic E-state index is 5.65. The molecule has 0 rings (SSSR count). The molecule has 8 heavy (non-hydrogen) atoms. The van der Waals surface area contributed by atoms with Crippen LogP contribution in [0.15, 0.2) is 23.8 Å². The van der Waals surface area contributed by atoms with Gasteiger partial charge in [0.15, 0.2) is 0 Å². The van der Waals surface area contributed by atoms with Gasteiger partial charge in [0.2, 0.25) is 0 Å². The van der Waals surface area contributed by atoms with E-state index in [0.717, 1.165) is 5.57 Å². The van der Waals surface area contributed by atoms with Crippen molar-refractivity contribution in [3.8, 4) is 0 Å². The predicted molar refractivity (Wildman–Crippen MR) is 39.4 cm³/mol. The molecule has 0 bridgehead atoms. The second-order valence-corrected chi connectivity index (χ2v) is 2.18. The lowest BCUT2D eigenvalue weighted by molar-refractivity contribution is 1.23. The predicted octanol–water partition coefficient (Wildman–Crippen LogP) is 2.92. The van der Waals surface area contributed by atoms with E-state index in [4.69, 9.17) is 23.2 Å². The zero-order valence-corrected chi connectivity index (χ0v) is 6.21. The molecule has 46 valence electrons. The summed E-state index contributed by atoms with van der Waals surface area (Å²) >= 11 is 11.0. The van der Waals surface area contributed by atoms with Gasteiger partial charge in [-0.05, 0) is 12.5 Å². The number of hydrogen-bond acceptors (Lipinski definition) is 0. The van der Waals surface area contributed by atoms with Gasteiger partial charge in [-0.25, -0.2) is 0 Å². The molecule has 0 N–H and O–H groups in total. The molecule has 1 unspecified atom stereocenters. The third kappa shape index (κ3) is 2.39. The third-order valence-electron chi connectivity index (χ3n) is 0.814. The molecule has 0 radical (unpaired) electrons. The van der Waals surface area contributed by atoms with E-state index in [1.807, 2.05) is 6.92 Å². The van der Waals surface area contributed by atoms with Crippen molar-refractivity contribution in [3.05, 3.63) is 23.8 Å². The lowest BCUT2D eigenvalue weighted by Crippen LogP contribution is -1.91. The van der Waals surface area contributed by atoms with Crippen LogP contribution in [0, 0.1) is 0 Å². The zero-order valence-electron chi connectivity index (χ0n) is 4.70. The highest BCUT2D eigenvalue weighted by Crippen LogP contribution is 2.09. The molecule has 0 fully saturated rings. The van der Waals surface area contributed by atoms with Crippen molar-refractivity contribution >= 4 is 23.2 Å². The molecule has 0 heterocycles. The molecule has 1 atom stereocenters. The molecule has 0 aromatic heterocycles. The highest BCUT2D eigenvalue weighted by atomic mass is 35.5. The van der Waals surface area contributed by atoms with Crippen LogP contribution in [-0.2, 0) is 0 Å².